The van der Waals surface area contributed by atoms with E-state index >= 15 is 0 Å². The zero-order chi connectivity index (χ0) is 19.4. The number of carbonyl (C=O) groups is 1. The lowest BCUT2D eigenvalue weighted by molar-refractivity contribution is -0.402. The fraction of sp³-hybridized carbons (Fsp3) is 0.263. The number of rotatable bonds is 6. The van der Waals surface area contributed by atoms with E-state index in [1.807, 2.05) is 6.07 Å². The van der Waals surface area contributed by atoms with Crippen molar-refractivity contribution in [2.75, 3.05) is 0 Å². The lowest BCUT2D eigenvalue weighted by Gasteiger charge is -2.02. The van der Waals surface area contributed by atoms with Gasteiger partial charge >= 0.3 is 11.8 Å². The van der Waals surface area contributed by atoms with Gasteiger partial charge in [0.25, 0.3) is 0 Å². The molecule has 0 atom stereocenters. The summed E-state index contributed by atoms with van der Waals surface area (Å²) in [7, 11) is 0. The number of aryl methyl sites for hydroxylation is 1. The Morgan fingerprint density at radius 3 is 2.89 bits per heavy atom. The molecule has 1 aromatic carbocycles. The number of unbranched alkanes of at least 4 members (excludes halogenated alkanes) is 1. The SMILES string of the molecule is C#CCn1c(=NC(=O)c2ccc([N+](=O)[O-])o2)sc2cc(CCCC)ccc21. The smallest absolute Gasteiger partial charge is 0.395 e. The molecule has 0 radical (unpaired) electrons. The molecule has 0 spiro atoms. The van der Waals surface area contributed by atoms with Crippen LogP contribution in [0.25, 0.3) is 10.2 Å². The Balaban J connectivity index is 2.04. The maximum Gasteiger partial charge on any atom is 0.433 e. The van der Waals surface area contributed by atoms with Crippen molar-refractivity contribution < 1.29 is 14.1 Å². The summed E-state index contributed by atoms with van der Waals surface area (Å²) < 4.78 is 7.69. The number of aromatic nitrogens is 1. The highest BCUT2D eigenvalue weighted by atomic mass is 32.1. The Bertz CT molecular complexity index is 1110. The highest BCUT2D eigenvalue weighted by Gasteiger charge is 2.17. The van der Waals surface area contributed by atoms with Crippen LogP contribution in [0.2, 0.25) is 0 Å². The molecule has 2 aromatic heterocycles. The fourth-order valence-electron chi connectivity index (χ4n) is 2.67. The highest BCUT2D eigenvalue weighted by molar-refractivity contribution is 7.16. The summed E-state index contributed by atoms with van der Waals surface area (Å²) in [5, 5.41) is 10.7. The van der Waals surface area contributed by atoms with Crippen LogP contribution in [0.3, 0.4) is 0 Å². The van der Waals surface area contributed by atoms with Crippen molar-refractivity contribution in [1.82, 2.24) is 4.57 Å². The molecule has 3 aromatic rings. The standard InChI is InChI=1S/C19H17N3O4S/c1-3-5-6-13-7-8-14-16(12-13)27-19(21(14)11-4-2)20-18(23)15-9-10-17(26-15)22(24)25/h2,7-10,12H,3,5-6,11H2,1H3. The Morgan fingerprint density at radius 2 is 2.22 bits per heavy atom. The van der Waals surface area contributed by atoms with E-state index in [2.05, 4.69) is 30.0 Å². The lowest BCUT2D eigenvalue weighted by Crippen LogP contribution is -2.16. The van der Waals surface area contributed by atoms with Crippen LogP contribution in [0.4, 0.5) is 5.88 Å². The molecule has 2 heterocycles. The molecule has 0 saturated carbocycles. The summed E-state index contributed by atoms with van der Waals surface area (Å²) in [6.45, 7) is 2.41. The first-order chi connectivity index (χ1) is 13.0. The molecular formula is C19H17N3O4S. The number of hydrogen-bond donors (Lipinski definition) is 0. The van der Waals surface area contributed by atoms with Crippen LogP contribution in [0.15, 0.2) is 39.7 Å². The third-order valence-electron chi connectivity index (χ3n) is 4.00. The second-order valence-corrected chi connectivity index (χ2v) is 6.90. The second-order valence-electron chi connectivity index (χ2n) is 5.89. The monoisotopic (exact) mass is 383 g/mol. The van der Waals surface area contributed by atoms with Gasteiger partial charge in [-0.3, -0.25) is 14.9 Å². The van der Waals surface area contributed by atoms with Crippen molar-refractivity contribution in [3.63, 3.8) is 0 Å². The third-order valence-corrected chi connectivity index (χ3v) is 5.04. The topological polar surface area (TPSA) is 90.6 Å². The summed E-state index contributed by atoms with van der Waals surface area (Å²) in [6, 6.07) is 8.49. The molecule has 0 aliphatic rings. The zero-order valence-electron chi connectivity index (χ0n) is 14.7. The van der Waals surface area contributed by atoms with Crippen LogP contribution in [0, 0.1) is 22.5 Å². The van der Waals surface area contributed by atoms with E-state index in [1.54, 1.807) is 4.57 Å². The number of amides is 1. The van der Waals surface area contributed by atoms with Crippen LogP contribution in [-0.4, -0.2) is 15.4 Å². The molecule has 0 aliphatic heterocycles. The molecule has 7 nitrogen and oxygen atoms in total. The van der Waals surface area contributed by atoms with Crippen LogP contribution in [0.1, 0.15) is 35.9 Å². The van der Waals surface area contributed by atoms with Gasteiger partial charge in [-0.25, -0.2) is 0 Å². The molecule has 0 fully saturated rings. The Kier molecular flexibility index (Phi) is 5.52. The Morgan fingerprint density at radius 1 is 1.41 bits per heavy atom. The number of furan rings is 1. The van der Waals surface area contributed by atoms with E-state index in [0.717, 1.165) is 35.5 Å². The normalized spacial score (nSPS) is 11.6. The molecular weight excluding hydrogens is 366 g/mol. The van der Waals surface area contributed by atoms with Gasteiger partial charge in [0.15, 0.2) is 4.80 Å². The molecule has 138 valence electrons. The van der Waals surface area contributed by atoms with Gasteiger partial charge in [0.1, 0.15) is 4.92 Å². The van der Waals surface area contributed by atoms with Crippen molar-refractivity contribution in [2.45, 2.75) is 32.7 Å². The number of thiazole rings is 1. The van der Waals surface area contributed by atoms with Gasteiger partial charge in [-0.1, -0.05) is 36.7 Å². The van der Waals surface area contributed by atoms with Gasteiger partial charge < -0.3 is 8.98 Å². The van der Waals surface area contributed by atoms with Gasteiger partial charge in [-0.05, 0) is 36.6 Å². The number of nitrogens with zero attached hydrogens (tertiary/aromatic N) is 3. The fourth-order valence-corrected chi connectivity index (χ4v) is 3.76. The van der Waals surface area contributed by atoms with E-state index < -0.39 is 16.7 Å². The van der Waals surface area contributed by atoms with Crippen LogP contribution in [-0.2, 0) is 13.0 Å². The number of nitro groups is 1. The molecule has 0 N–H and O–H groups in total. The van der Waals surface area contributed by atoms with Gasteiger partial charge in [0.05, 0.1) is 22.8 Å². The van der Waals surface area contributed by atoms with Gasteiger partial charge in [-0.2, -0.15) is 4.99 Å². The number of carbonyl (C=O) groups excluding carboxylic acids is 1. The number of terminal acetylenes is 1. The molecule has 8 heteroatoms. The quantitative estimate of drug-likeness (QED) is 0.366. The van der Waals surface area contributed by atoms with Crippen LogP contribution >= 0.6 is 11.3 Å². The minimum absolute atomic E-state index is 0.185. The summed E-state index contributed by atoms with van der Waals surface area (Å²) >= 11 is 1.35. The van der Waals surface area contributed by atoms with Crippen molar-refractivity contribution in [1.29, 1.82) is 0 Å². The molecule has 0 bridgehead atoms. The second kappa shape index (κ2) is 8.01. The van der Waals surface area contributed by atoms with E-state index in [9.17, 15) is 14.9 Å². The first-order valence-corrected chi connectivity index (χ1v) is 9.24. The lowest BCUT2D eigenvalue weighted by atomic mass is 10.1. The molecule has 0 unspecified atom stereocenters. The van der Waals surface area contributed by atoms with Crippen molar-refractivity contribution >= 4 is 33.3 Å². The minimum atomic E-state index is -0.702. The summed E-state index contributed by atoms with van der Waals surface area (Å²) in [5.74, 6) is 1.20. The van der Waals surface area contributed by atoms with E-state index in [1.165, 1.54) is 23.0 Å². The predicted octanol–water partition coefficient (Wildman–Crippen LogP) is 3.92. The van der Waals surface area contributed by atoms with E-state index in [0.29, 0.717) is 4.80 Å². The van der Waals surface area contributed by atoms with Crippen molar-refractivity contribution in [3.05, 3.63) is 56.6 Å². The largest absolute Gasteiger partial charge is 0.433 e. The van der Waals surface area contributed by atoms with Gasteiger partial charge in [0, 0.05) is 0 Å². The van der Waals surface area contributed by atoms with Crippen LogP contribution in [0.5, 0.6) is 0 Å². The molecule has 0 aliphatic carbocycles. The first-order valence-electron chi connectivity index (χ1n) is 8.42. The molecule has 0 saturated heterocycles. The summed E-state index contributed by atoms with van der Waals surface area (Å²) in [5.41, 5.74) is 2.12. The van der Waals surface area contributed by atoms with E-state index in [4.69, 9.17) is 10.8 Å². The average Bonchev–Trinajstić information content (AvgIpc) is 3.26. The van der Waals surface area contributed by atoms with Crippen LogP contribution < -0.4 is 4.80 Å². The first kappa shape index (κ1) is 18.6. The van der Waals surface area contributed by atoms with Gasteiger partial charge in [0.2, 0.25) is 5.76 Å². The number of fused-ring (bicyclic) bond motifs is 1. The molecule has 27 heavy (non-hydrogen) atoms. The molecule has 1 amide bonds. The minimum Gasteiger partial charge on any atom is -0.395 e. The summed E-state index contributed by atoms with van der Waals surface area (Å²) in [4.78, 5) is 26.9. The van der Waals surface area contributed by atoms with Crippen molar-refractivity contribution in [3.8, 4) is 12.3 Å². The Labute approximate surface area is 159 Å². The number of benzene rings is 1. The number of hydrogen-bond acceptors (Lipinski definition) is 5. The zero-order valence-corrected chi connectivity index (χ0v) is 15.5. The summed E-state index contributed by atoms with van der Waals surface area (Å²) in [6.07, 6.45) is 8.68. The Hall–Kier alpha value is -3.18. The third kappa shape index (κ3) is 3.99. The average molecular weight is 383 g/mol. The van der Waals surface area contributed by atoms with E-state index in [-0.39, 0.29) is 12.3 Å². The highest BCUT2D eigenvalue weighted by Crippen LogP contribution is 2.21. The maximum absolute atomic E-state index is 12.4. The molecule has 3 rings (SSSR count). The predicted molar refractivity (Wildman–Crippen MR) is 103 cm³/mol. The van der Waals surface area contributed by atoms with Gasteiger partial charge in [-0.15, -0.1) is 6.42 Å². The van der Waals surface area contributed by atoms with Crippen molar-refractivity contribution in [2.24, 2.45) is 4.99 Å². The maximum atomic E-state index is 12.4.